The van der Waals surface area contributed by atoms with E-state index >= 15 is 0 Å². The van der Waals surface area contributed by atoms with E-state index in [1.54, 1.807) is 14.4 Å². The molecule has 0 radical (unpaired) electrons. The van der Waals surface area contributed by atoms with Crippen LogP contribution in [0.4, 0.5) is 0 Å². The molecule has 4 heteroatoms. The average Bonchev–Trinajstić information content (AvgIpc) is 3.14. The Morgan fingerprint density at radius 2 is 1.38 bits per heavy atom. The van der Waals surface area contributed by atoms with Crippen LogP contribution in [-0.2, 0) is 17.9 Å². The molecule has 2 aliphatic rings. The Morgan fingerprint density at radius 1 is 0.875 bits per heavy atom. The van der Waals surface area contributed by atoms with E-state index in [1.165, 1.54) is 24.9 Å². The van der Waals surface area contributed by atoms with Crippen molar-refractivity contribution in [2.75, 3.05) is 0 Å². The minimum atomic E-state index is -2.93. The van der Waals surface area contributed by atoms with Crippen molar-refractivity contribution in [2.45, 2.75) is 19.3 Å². The fourth-order valence-corrected chi connectivity index (χ4v) is 21.7. The summed E-state index contributed by atoms with van der Waals surface area (Å²) in [5.41, 5.74) is 6.16. The molecule has 2 aromatic carbocycles. The van der Waals surface area contributed by atoms with Gasteiger partial charge in [-0.05, 0) is 0 Å². The Morgan fingerprint density at radius 3 is 1.83 bits per heavy atom. The van der Waals surface area contributed by atoms with Crippen molar-refractivity contribution in [3.05, 3.63) is 81.2 Å². The molecule has 2 aliphatic carbocycles. The Bertz CT molecular complexity index is 785. The van der Waals surface area contributed by atoms with Crippen molar-refractivity contribution < 1.29 is 17.9 Å². The van der Waals surface area contributed by atoms with Gasteiger partial charge in [-0.1, -0.05) is 0 Å². The first-order chi connectivity index (χ1) is 10.5. The molecule has 0 heterocycles. The van der Waals surface area contributed by atoms with Gasteiger partial charge in [0.25, 0.3) is 0 Å². The Balaban J connectivity index is 0.00000104. The standard InChI is InChI=1S/C13H9.C5H5.2CH3.2ClH.H3Si.Zr/c1-3-7-12-10(5-1)9-11-6-2-4-8-13(11)12;1-2-4-5-3-1;;;;;;/h1-9H;1-3H,4H2;2*1H3;2*1H;1H3;. The third-order valence-electron chi connectivity index (χ3n) is 5.76. The van der Waals surface area contributed by atoms with Gasteiger partial charge in [0.05, 0.1) is 0 Å². The number of hydrogen-bond acceptors (Lipinski definition) is 0. The van der Waals surface area contributed by atoms with Gasteiger partial charge in [0.15, 0.2) is 0 Å². The molecular formula is C20H25Cl2SiZr. The van der Waals surface area contributed by atoms with E-state index < -0.39 is 17.9 Å². The number of halogens is 2. The summed E-state index contributed by atoms with van der Waals surface area (Å²) in [6.45, 7) is 0. The zero-order valence-electron chi connectivity index (χ0n) is 14.5. The van der Waals surface area contributed by atoms with Crippen LogP contribution in [0.25, 0.3) is 11.1 Å². The molecule has 4 rings (SSSR count). The number of benzene rings is 2. The van der Waals surface area contributed by atoms with Crippen LogP contribution in [0.3, 0.4) is 0 Å². The molecule has 0 aromatic heterocycles. The van der Waals surface area contributed by atoms with E-state index in [0.29, 0.717) is 3.63 Å². The van der Waals surface area contributed by atoms with Crippen LogP contribution in [0, 0.1) is 0 Å². The third-order valence-corrected chi connectivity index (χ3v) is 26.0. The van der Waals surface area contributed by atoms with Crippen LogP contribution in [0.5, 0.6) is 0 Å². The van der Waals surface area contributed by atoms with Crippen molar-refractivity contribution in [3.63, 3.8) is 0 Å². The predicted molar refractivity (Wildman–Crippen MR) is 112 cm³/mol. The quantitative estimate of drug-likeness (QED) is 0.524. The van der Waals surface area contributed by atoms with Gasteiger partial charge in [0.2, 0.25) is 0 Å². The number of rotatable bonds is 2. The van der Waals surface area contributed by atoms with Crippen molar-refractivity contribution >= 4 is 32.2 Å². The van der Waals surface area contributed by atoms with Gasteiger partial charge >= 0.3 is 137 Å². The molecule has 0 spiro atoms. The number of fused-ring (bicyclic) bond motifs is 3. The monoisotopic (exact) mass is 453 g/mol. The zero-order valence-corrected chi connectivity index (χ0v) is 20.5. The summed E-state index contributed by atoms with van der Waals surface area (Å²) in [5.74, 6) is 0. The Kier molecular flexibility index (Phi) is 5.58. The Labute approximate surface area is 160 Å². The summed E-state index contributed by atoms with van der Waals surface area (Å²) < 4.78 is 7.85. The van der Waals surface area contributed by atoms with Gasteiger partial charge < -0.3 is 0 Å². The molecule has 2 aromatic rings. The van der Waals surface area contributed by atoms with Gasteiger partial charge in [-0.3, -0.25) is 0 Å². The first kappa shape index (κ1) is 19.9. The van der Waals surface area contributed by atoms with Crippen LogP contribution >= 0.6 is 24.8 Å². The minimum absolute atomic E-state index is 0. The average molecular weight is 456 g/mol. The van der Waals surface area contributed by atoms with Crippen LogP contribution < -0.4 is 0 Å². The summed E-state index contributed by atoms with van der Waals surface area (Å²) >= 11 is -2.93. The molecule has 0 aliphatic heterocycles. The second-order valence-corrected chi connectivity index (χ2v) is 45.4. The topological polar surface area (TPSA) is 0 Å². The van der Waals surface area contributed by atoms with Crippen LogP contribution in [0.15, 0.2) is 70.0 Å². The fraction of sp³-hybridized carbons (Fsp3) is 0.200. The number of allylic oxidation sites excluding steroid dienone is 4. The number of hydrogen-bond donors (Lipinski definition) is 0. The maximum atomic E-state index is 2.69. The summed E-state index contributed by atoms with van der Waals surface area (Å²) in [4.78, 5) is 0. The molecule has 0 saturated carbocycles. The van der Waals surface area contributed by atoms with Crippen molar-refractivity contribution in [1.29, 1.82) is 0 Å². The molecule has 0 fully saturated rings. The van der Waals surface area contributed by atoms with E-state index in [2.05, 4.69) is 76.0 Å². The van der Waals surface area contributed by atoms with Crippen LogP contribution in [0.2, 0.25) is 9.26 Å². The van der Waals surface area contributed by atoms with E-state index in [-0.39, 0.29) is 24.8 Å². The first-order valence-electron chi connectivity index (χ1n) is 8.24. The maximum absolute atomic E-state index is 2.93. The van der Waals surface area contributed by atoms with E-state index in [4.69, 9.17) is 0 Å². The second kappa shape index (κ2) is 6.72. The molecular weight excluding hydrogens is 430 g/mol. The van der Waals surface area contributed by atoms with Crippen molar-refractivity contribution in [3.8, 4) is 11.1 Å². The molecule has 0 unspecified atom stereocenters. The predicted octanol–water partition coefficient (Wildman–Crippen LogP) is 5.51. The Hall–Kier alpha value is -0.400. The van der Waals surface area contributed by atoms with Gasteiger partial charge in [0.1, 0.15) is 0 Å². The fourth-order valence-electron chi connectivity index (χ4n) is 4.54. The molecule has 0 amide bonds. The van der Waals surface area contributed by atoms with Crippen molar-refractivity contribution in [2.24, 2.45) is 0 Å². The third kappa shape index (κ3) is 2.86. The summed E-state index contributed by atoms with van der Waals surface area (Å²) in [5, 5.41) is 0. The molecule has 0 bridgehead atoms. The van der Waals surface area contributed by atoms with Gasteiger partial charge in [-0.15, -0.1) is 24.8 Å². The summed E-state index contributed by atoms with van der Waals surface area (Å²) in [6.07, 6.45) is 8.27. The first-order valence-corrected chi connectivity index (χ1v) is 24.2. The van der Waals surface area contributed by atoms with E-state index in [9.17, 15) is 0 Å². The molecule has 0 N–H and O–H groups in total. The van der Waals surface area contributed by atoms with Gasteiger partial charge in [-0.2, -0.15) is 0 Å². The normalized spacial score (nSPS) is 17.1. The van der Waals surface area contributed by atoms with Gasteiger partial charge in [0, 0.05) is 0 Å². The molecule has 0 saturated heterocycles. The van der Waals surface area contributed by atoms with E-state index in [0.717, 1.165) is 0 Å². The molecule has 127 valence electrons. The zero-order chi connectivity index (χ0) is 15.4. The van der Waals surface area contributed by atoms with Crippen LogP contribution in [-0.4, -0.2) is 7.37 Å². The second-order valence-electron chi connectivity index (χ2n) is 8.19. The summed E-state index contributed by atoms with van der Waals surface area (Å²) in [7, 11) is 1.33. The molecule has 0 nitrogen and oxygen atoms in total. The molecule has 0 atom stereocenters. The summed E-state index contributed by atoms with van der Waals surface area (Å²) in [6, 6.07) is 18.3. The van der Waals surface area contributed by atoms with Crippen LogP contribution in [0.1, 0.15) is 21.2 Å². The van der Waals surface area contributed by atoms with E-state index in [1.807, 2.05) is 0 Å². The molecule has 24 heavy (non-hydrogen) atoms. The van der Waals surface area contributed by atoms with Crippen molar-refractivity contribution in [1.82, 2.24) is 0 Å². The SMILES string of the molecule is Cl.Cl.[CH3][Zr]([CH3])([SiH3])([C]1=CC=CC1)[CH]1c2ccccc2-c2ccccc21. The van der Waals surface area contributed by atoms with Gasteiger partial charge in [-0.25, -0.2) is 0 Å².